The van der Waals surface area contributed by atoms with Crippen LogP contribution in [0.4, 0.5) is 24.5 Å². The summed E-state index contributed by atoms with van der Waals surface area (Å²) >= 11 is 1.79. The summed E-state index contributed by atoms with van der Waals surface area (Å²) < 4.78 is 57.9. The standard InChI is InChI=1S/C32H26F3N3O7S2/c1-43-20-10-8-18(9-11-20)36-23(39)15-37-30-27(47-31(37)42)24(16-7-12-21(44-2)22(13-16)45-3)25-26(46-30)29(41)38(28(25)40)19-6-4-5-17(14-19)32(33,34)35/h4-14,24-26H,15H2,1-3H3,(H,36,39)/t24-,25?,26?/m1/s1. The maximum absolute atomic E-state index is 14.1. The fraction of sp³-hybridized carbons (Fsp3) is 0.250. The topological polar surface area (TPSA) is 116 Å². The third kappa shape index (κ3) is 5.84. The van der Waals surface area contributed by atoms with E-state index in [9.17, 15) is 32.3 Å². The molecule has 2 unspecified atom stereocenters. The average molecular weight is 686 g/mol. The molecule has 0 radical (unpaired) electrons. The lowest BCUT2D eigenvalue weighted by atomic mass is 9.83. The van der Waals surface area contributed by atoms with Crippen LogP contribution in [0, 0.1) is 5.92 Å². The summed E-state index contributed by atoms with van der Waals surface area (Å²) in [4.78, 5) is 55.3. The van der Waals surface area contributed by atoms with Gasteiger partial charge in [-0.15, -0.1) is 0 Å². The van der Waals surface area contributed by atoms with Gasteiger partial charge in [0, 0.05) is 16.5 Å². The summed E-state index contributed by atoms with van der Waals surface area (Å²) in [5.41, 5.74) is -0.236. The zero-order chi connectivity index (χ0) is 33.6. The van der Waals surface area contributed by atoms with Crippen molar-refractivity contribution in [3.05, 3.63) is 92.4 Å². The van der Waals surface area contributed by atoms with E-state index in [1.165, 1.54) is 32.0 Å². The SMILES string of the molecule is COc1ccc(NC(=O)Cn2c3c(sc2=O)[C@H](c2ccc(OC)c(OC)c2)C2C(=O)N(c4cccc(C(F)(F)F)c4)C(=O)C2S3)cc1. The second-order valence-electron chi connectivity index (χ2n) is 10.6. The first kappa shape index (κ1) is 32.2. The van der Waals surface area contributed by atoms with E-state index in [0.29, 0.717) is 38.4 Å². The van der Waals surface area contributed by atoms with Crippen molar-refractivity contribution in [2.24, 2.45) is 5.92 Å². The molecule has 15 heteroatoms. The van der Waals surface area contributed by atoms with Gasteiger partial charge >= 0.3 is 11.0 Å². The molecule has 2 aliphatic rings. The Hall–Kier alpha value is -4.76. The number of ether oxygens (including phenoxy) is 3. The molecule has 0 spiro atoms. The van der Waals surface area contributed by atoms with Gasteiger partial charge in [0.15, 0.2) is 11.5 Å². The van der Waals surface area contributed by atoms with Crippen LogP contribution in [0.25, 0.3) is 0 Å². The molecule has 244 valence electrons. The number of nitrogens with zero attached hydrogens (tertiary/aromatic N) is 2. The number of methoxy groups -OCH3 is 3. The van der Waals surface area contributed by atoms with Gasteiger partial charge in [-0.1, -0.05) is 35.2 Å². The van der Waals surface area contributed by atoms with Gasteiger partial charge < -0.3 is 19.5 Å². The lowest BCUT2D eigenvalue weighted by Crippen LogP contribution is -2.33. The zero-order valence-electron chi connectivity index (χ0n) is 25.0. The molecule has 1 fully saturated rings. The van der Waals surface area contributed by atoms with Crippen LogP contribution in [0.1, 0.15) is 21.9 Å². The van der Waals surface area contributed by atoms with E-state index in [-0.39, 0.29) is 12.2 Å². The highest BCUT2D eigenvalue weighted by molar-refractivity contribution is 8.00. The number of thiazole rings is 1. The minimum atomic E-state index is -4.70. The lowest BCUT2D eigenvalue weighted by molar-refractivity contribution is -0.137. The Labute approximate surface area is 274 Å². The van der Waals surface area contributed by atoms with Crippen LogP contribution in [0.3, 0.4) is 0 Å². The molecule has 0 bridgehead atoms. The van der Waals surface area contributed by atoms with Crippen LogP contribution in [-0.2, 0) is 27.1 Å². The Morgan fingerprint density at radius 2 is 1.62 bits per heavy atom. The molecule has 10 nitrogen and oxygen atoms in total. The number of anilines is 2. The number of carbonyl (C=O) groups is 3. The largest absolute Gasteiger partial charge is 0.497 e. The lowest BCUT2D eigenvalue weighted by Gasteiger charge is -2.31. The highest BCUT2D eigenvalue weighted by Crippen LogP contribution is 2.54. The van der Waals surface area contributed by atoms with Crippen LogP contribution in [0.15, 0.2) is 76.6 Å². The third-order valence-electron chi connectivity index (χ3n) is 7.92. The molecule has 3 heterocycles. The van der Waals surface area contributed by atoms with Crippen molar-refractivity contribution in [2.75, 3.05) is 31.5 Å². The van der Waals surface area contributed by atoms with Crippen LogP contribution in [0.2, 0.25) is 0 Å². The Morgan fingerprint density at radius 3 is 2.28 bits per heavy atom. The van der Waals surface area contributed by atoms with Gasteiger partial charge in [-0.2, -0.15) is 13.2 Å². The van der Waals surface area contributed by atoms with Gasteiger partial charge in [0.2, 0.25) is 17.7 Å². The van der Waals surface area contributed by atoms with Crippen molar-refractivity contribution in [1.29, 1.82) is 0 Å². The molecule has 2 aliphatic heterocycles. The molecule has 6 rings (SSSR count). The molecule has 1 saturated heterocycles. The van der Waals surface area contributed by atoms with Gasteiger partial charge in [0.05, 0.1) is 43.5 Å². The number of amides is 3. The van der Waals surface area contributed by atoms with E-state index in [2.05, 4.69) is 5.32 Å². The molecule has 3 amide bonds. The number of aromatic nitrogens is 1. The monoisotopic (exact) mass is 685 g/mol. The Bertz CT molecular complexity index is 1940. The van der Waals surface area contributed by atoms with Crippen LogP contribution < -0.4 is 29.3 Å². The second-order valence-corrected chi connectivity index (χ2v) is 12.7. The van der Waals surface area contributed by atoms with Gasteiger partial charge in [-0.3, -0.25) is 23.7 Å². The minimum Gasteiger partial charge on any atom is -0.497 e. The van der Waals surface area contributed by atoms with Crippen molar-refractivity contribution >= 4 is 52.2 Å². The Morgan fingerprint density at radius 1 is 0.894 bits per heavy atom. The number of fused-ring (bicyclic) bond motifs is 2. The predicted molar refractivity (Wildman–Crippen MR) is 169 cm³/mol. The number of halogens is 3. The molecule has 1 aromatic heterocycles. The highest BCUT2D eigenvalue weighted by atomic mass is 32.2. The summed E-state index contributed by atoms with van der Waals surface area (Å²) in [6.45, 7) is -0.390. The number of carbonyl (C=O) groups excluding carboxylic acids is 3. The van der Waals surface area contributed by atoms with Crippen molar-refractivity contribution < 1.29 is 41.8 Å². The van der Waals surface area contributed by atoms with Crippen molar-refractivity contribution in [3.63, 3.8) is 0 Å². The molecule has 1 N–H and O–H groups in total. The van der Waals surface area contributed by atoms with Gasteiger partial charge in [-0.05, 0) is 60.2 Å². The van der Waals surface area contributed by atoms with Gasteiger partial charge in [0.1, 0.15) is 17.5 Å². The first-order valence-electron chi connectivity index (χ1n) is 14.1. The first-order chi connectivity index (χ1) is 22.4. The summed E-state index contributed by atoms with van der Waals surface area (Å²) in [7, 11) is 4.40. The molecular weight excluding hydrogens is 659 g/mol. The zero-order valence-corrected chi connectivity index (χ0v) is 26.6. The van der Waals surface area contributed by atoms with Crippen LogP contribution >= 0.6 is 23.1 Å². The molecule has 47 heavy (non-hydrogen) atoms. The van der Waals surface area contributed by atoms with E-state index in [1.807, 2.05) is 0 Å². The summed E-state index contributed by atoms with van der Waals surface area (Å²) in [6, 6.07) is 15.6. The third-order valence-corrected chi connectivity index (χ3v) is 10.5. The predicted octanol–water partition coefficient (Wildman–Crippen LogP) is 5.39. The average Bonchev–Trinajstić information content (AvgIpc) is 3.50. The number of hydrogen-bond acceptors (Lipinski definition) is 9. The Balaban J connectivity index is 1.42. The summed E-state index contributed by atoms with van der Waals surface area (Å²) in [6.07, 6.45) is -4.70. The van der Waals surface area contributed by atoms with E-state index in [4.69, 9.17) is 14.2 Å². The number of thioether (sulfide) groups is 1. The molecule has 0 saturated carbocycles. The number of rotatable bonds is 8. The first-order valence-corrected chi connectivity index (χ1v) is 15.8. The normalized spacial score (nSPS) is 18.9. The fourth-order valence-corrected chi connectivity index (χ4v) is 8.53. The number of benzene rings is 3. The van der Waals surface area contributed by atoms with E-state index in [0.717, 1.165) is 46.2 Å². The highest BCUT2D eigenvalue weighted by Gasteiger charge is 2.57. The van der Waals surface area contributed by atoms with Crippen LogP contribution in [0.5, 0.6) is 17.2 Å². The quantitative estimate of drug-likeness (QED) is 0.246. The Kier molecular flexibility index (Phi) is 8.53. The van der Waals surface area contributed by atoms with Crippen molar-refractivity contribution in [3.8, 4) is 17.2 Å². The molecule has 4 aromatic rings. The van der Waals surface area contributed by atoms with Crippen molar-refractivity contribution in [1.82, 2.24) is 4.57 Å². The van der Waals surface area contributed by atoms with Gasteiger partial charge in [0.25, 0.3) is 0 Å². The maximum Gasteiger partial charge on any atom is 0.416 e. The van der Waals surface area contributed by atoms with E-state index < -0.39 is 51.4 Å². The summed E-state index contributed by atoms with van der Waals surface area (Å²) in [5, 5.41) is 1.95. The van der Waals surface area contributed by atoms with E-state index >= 15 is 0 Å². The van der Waals surface area contributed by atoms with Crippen molar-refractivity contribution in [2.45, 2.75) is 28.9 Å². The van der Waals surface area contributed by atoms with Crippen LogP contribution in [-0.4, -0.2) is 48.9 Å². The number of nitrogens with one attached hydrogen (secondary N) is 1. The number of imide groups is 1. The minimum absolute atomic E-state index is 0.212. The summed E-state index contributed by atoms with van der Waals surface area (Å²) in [5.74, 6) is -2.57. The van der Waals surface area contributed by atoms with Gasteiger partial charge in [-0.25, -0.2) is 4.90 Å². The smallest absolute Gasteiger partial charge is 0.416 e. The fourth-order valence-electron chi connectivity index (χ4n) is 5.76. The molecule has 3 atom stereocenters. The molecule has 3 aromatic carbocycles. The number of hydrogen-bond donors (Lipinski definition) is 1. The number of alkyl halides is 3. The maximum atomic E-state index is 14.1. The van der Waals surface area contributed by atoms with E-state index in [1.54, 1.807) is 42.5 Å². The molecule has 0 aliphatic carbocycles. The molecular formula is C32H26F3N3O7S2. The second kappa shape index (κ2) is 12.4.